The highest BCUT2D eigenvalue weighted by Gasteiger charge is 2.26. The number of benzene rings is 1. The lowest BCUT2D eigenvalue weighted by molar-refractivity contribution is -0.132. The van der Waals surface area contributed by atoms with Crippen molar-refractivity contribution in [3.8, 4) is 0 Å². The number of nitrogens with zero attached hydrogens (tertiary/aromatic N) is 1. The molecular weight excluding hydrogens is 293 g/mol. The molecule has 4 N–H and O–H groups in total. The fraction of sp³-hybridized carbons (Fsp3) is 0.429. The topological polar surface area (TPSA) is 89.4 Å². The van der Waals surface area contributed by atoms with Gasteiger partial charge in [-0.3, -0.25) is 9.59 Å². The number of hydrogen-bond acceptors (Lipinski definition) is 4. The fourth-order valence-electron chi connectivity index (χ4n) is 2.32. The maximum atomic E-state index is 12.9. The van der Waals surface area contributed by atoms with Gasteiger partial charge in [0.1, 0.15) is 5.82 Å². The SMILES string of the molecule is NC(=O)C1CCCN(C(=O)CSc2ccc(F)cc2N)C1. The first-order chi connectivity index (χ1) is 9.97. The number of nitrogen functional groups attached to an aromatic ring is 1. The molecule has 7 heteroatoms. The highest BCUT2D eigenvalue weighted by atomic mass is 32.2. The van der Waals surface area contributed by atoms with Crippen molar-refractivity contribution in [2.24, 2.45) is 11.7 Å². The molecule has 21 heavy (non-hydrogen) atoms. The number of rotatable bonds is 4. The predicted octanol–water partition coefficient (Wildman–Crippen LogP) is 1.22. The number of nitrogens with two attached hydrogens (primary N) is 2. The van der Waals surface area contributed by atoms with E-state index in [0.29, 0.717) is 23.7 Å². The summed E-state index contributed by atoms with van der Waals surface area (Å²) >= 11 is 1.27. The van der Waals surface area contributed by atoms with Gasteiger partial charge in [0, 0.05) is 23.7 Å². The van der Waals surface area contributed by atoms with Gasteiger partial charge in [-0.15, -0.1) is 11.8 Å². The van der Waals surface area contributed by atoms with E-state index in [1.807, 2.05) is 0 Å². The van der Waals surface area contributed by atoms with Crippen molar-refractivity contribution in [3.63, 3.8) is 0 Å². The van der Waals surface area contributed by atoms with Gasteiger partial charge in [-0.25, -0.2) is 4.39 Å². The normalized spacial score (nSPS) is 18.5. The molecule has 0 aromatic heterocycles. The van der Waals surface area contributed by atoms with Crippen LogP contribution in [0.3, 0.4) is 0 Å². The average molecular weight is 311 g/mol. The van der Waals surface area contributed by atoms with E-state index in [4.69, 9.17) is 11.5 Å². The van der Waals surface area contributed by atoms with E-state index < -0.39 is 5.82 Å². The molecule has 0 saturated carbocycles. The molecule has 1 fully saturated rings. The maximum Gasteiger partial charge on any atom is 0.232 e. The van der Waals surface area contributed by atoms with E-state index >= 15 is 0 Å². The van der Waals surface area contributed by atoms with Crippen LogP contribution in [0.2, 0.25) is 0 Å². The van der Waals surface area contributed by atoms with E-state index in [1.165, 1.54) is 23.9 Å². The number of thioether (sulfide) groups is 1. The smallest absolute Gasteiger partial charge is 0.232 e. The summed E-state index contributed by atoms with van der Waals surface area (Å²) in [6.45, 7) is 1.02. The first kappa shape index (κ1) is 15.6. The number of primary amides is 1. The molecule has 5 nitrogen and oxygen atoms in total. The summed E-state index contributed by atoms with van der Waals surface area (Å²) in [6.07, 6.45) is 1.51. The minimum Gasteiger partial charge on any atom is -0.398 e. The van der Waals surface area contributed by atoms with Crippen LogP contribution >= 0.6 is 11.8 Å². The van der Waals surface area contributed by atoms with Crippen LogP contribution in [0.1, 0.15) is 12.8 Å². The lowest BCUT2D eigenvalue weighted by atomic mass is 9.97. The zero-order valence-corrected chi connectivity index (χ0v) is 12.4. The number of piperidine rings is 1. The molecular formula is C14H18FN3O2S. The second kappa shape index (κ2) is 6.80. The van der Waals surface area contributed by atoms with Crippen LogP contribution < -0.4 is 11.5 Å². The monoisotopic (exact) mass is 311 g/mol. The van der Waals surface area contributed by atoms with Gasteiger partial charge in [-0.1, -0.05) is 0 Å². The van der Waals surface area contributed by atoms with Gasteiger partial charge in [0.25, 0.3) is 0 Å². The largest absolute Gasteiger partial charge is 0.398 e. The van der Waals surface area contributed by atoms with Crippen LogP contribution in [0.15, 0.2) is 23.1 Å². The standard InChI is InChI=1S/C14H18FN3O2S/c15-10-3-4-12(11(16)6-10)21-8-13(19)18-5-1-2-9(7-18)14(17)20/h3-4,6,9H,1-2,5,7-8,16H2,(H2,17,20). The summed E-state index contributed by atoms with van der Waals surface area (Å²) < 4.78 is 12.9. The molecule has 1 aliphatic heterocycles. The van der Waals surface area contributed by atoms with Gasteiger partial charge in [0.15, 0.2) is 0 Å². The molecule has 1 unspecified atom stereocenters. The number of halogens is 1. The van der Waals surface area contributed by atoms with E-state index in [0.717, 1.165) is 12.8 Å². The third-order valence-corrected chi connectivity index (χ3v) is 4.57. The number of carbonyl (C=O) groups is 2. The van der Waals surface area contributed by atoms with E-state index in [1.54, 1.807) is 11.0 Å². The van der Waals surface area contributed by atoms with Crippen molar-refractivity contribution < 1.29 is 14.0 Å². The Labute approximate surface area is 126 Å². The van der Waals surface area contributed by atoms with Crippen molar-refractivity contribution in [1.82, 2.24) is 4.90 Å². The molecule has 1 saturated heterocycles. The molecule has 114 valence electrons. The van der Waals surface area contributed by atoms with Crippen LogP contribution in [0.5, 0.6) is 0 Å². The minimum atomic E-state index is -0.400. The molecule has 1 aromatic carbocycles. The lowest BCUT2D eigenvalue weighted by Gasteiger charge is -2.31. The van der Waals surface area contributed by atoms with E-state index in [-0.39, 0.29) is 23.5 Å². The van der Waals surface area contributed by atoms with Gasteiger partial charge in [0.2, 0.25) is 11.8 Å². The summed E-state index contributed by atoms with van der Waals surface area (Å²) in [5.41, 5.74) is 11.3. The average Bonchev–Trinajstić information content (AvgIpc) is 2.46. The van der Waals surface area contributed by atoms with Gasteiger partial charge in [0.05, 0.1) is 11.7 Å². The molecule has 1 heterocycles. The van der Waals surface area contributed by atoms with Crippen LogP contribution in [0.4, 0.5) is 10.1 Å². The summed E-state index contributed by atoms with van der Waals surface area (Å²) in [6, 6.07) is 4.11. The molecule has 2 rings (SSSR count). The Kier molecular flexibility index (Phi) is 5.06. The number of carbonyl (C=O) groups excluding carboxylic acids is 2. The Hall–Kier alpha value is -1.76. The minimum absolute atomic E-state index is 0.0605. The maximum absolute atomic E-state index is 12.9. The van der Waals surface area contributed by atoms with Crippen LogP contribution in [0.25, 0.3) is 0 Å². The molecule has 1 aliphatic rings. The van der Waals surface area contributed by atoms with Crippen molar-refractivity contribution in [2.75, 3.05) is 24.6 Å². The molecule has 1 aromatic rings. The number of amides is 2. The van der Waals surface area contributed by atoms with Crippen LogP contribution in [0, 0.1) is 11.7 Å². The molecule has 2 amide bonds. The third kappa shape index (κ3) is 4.10. The van der Waals surface area contributed by atoms with E-state index in [9.17, 15) is 14.0 Å². The van der Waals surface area contributed by atoms with Crippen molar-refractivity contribution in [1.29, 1.82) is 0 Å². The number of hydrogen-bond donors (Lipinski definition) is 2. The van der Waals surface area contributed by atoms with E-state index in [2.05, 4.69) is 0 Å². The Bertz CT molecular complexity index is 553. The van der Waals surface area contributed by atoms with Gasteiger partial charge < -0.3 is 16.4 Å². The van der Waals surface area contributed by atoms with Crippen molar-refractivity contribution in [2.45, 2.75) is 17.7 Å². The Balaban J connectivity index is 1.90. The molecule has 0 radical (unpaired) electrons. The Morgan fingerprint density at radius 3 is 2.86 bits per heavy atom. The lowest BCUT2D eigenvalue weighted by Crippen LogP contribution is -2.44. The second-order valence-electron chi connectivity index (χ2n) is 5.05. The molecule has 1 atom stereocenters. The van der Waals surface area contributed by atoms with Crippen molar-refractivity contribution >= 4 is 29.3 Å². The Morgan fingerprint density at radius 1 is 1.43 bits per heavy atom. The zero-order chi connectivity index (χ0) is 15.4. The predicted molar refractivity (Wildman–Crippen MR) is 80.0 cm³/mol. The third-order valence-electron chi connectivity index (χ3n) is 3.50. The van der Waals surface area contributed by atoms with Crippen LogP contribution in [-0.2, 0) is 9.59 Å². The Morgan fingerprint density at radius 2 is 2.19 bits per heavy atom. The number of likely N-dealkylation sites (tertiary alicyclic amines) is 1. The summed E-state index contributed by atoms with van der Waals surface area (Å²) in [4.78, 5) is 25.7. The molecule has 0 aliphatic carbocycles. The van der Waals surface area contributed by atoms with Gasteiger partial charge in [-0.2, -0.15) is 0 Å². The highest BCUT2D eigenvalue weighted by molar-refractivity contribution is 8.00. The summed E-state index contributed by atoms with van der Waals surface area (Å²) in [7, 11) is 0. The van der Waals surface area contributed by atoms with Gasteiger partial charge in [-0.05, 0) is 31.0 Å². The van der Waals surface area contributed by atoms with Gasteiger partial charge >= 0.3 is 0 Å². The number of anilines is 1. The second-order valence-corrected chi connectivity index (χ2v) is 6.07. The molecule has 0 bridgehead atoms. The summed E-state index contributed by atoms with van der Waals surface area (Å²) in [5, 5.41) is 0. The zero-order valence-electron chi connectivity index (χ0n) is 11.5. The van der Waals surface area contributed by atoms with Crippen LogP contribution in [-0.4, -0.2) is 35.6 Å². The quantitative estimate of drug-likeness (QED) is 0.646. The first-order valence-corrected chi connectivity index (χ1v) is 7.71. The highest BCUT2D eigenvalue weighted by Crippen LogP contribution is 2.26. The molecule has 0 spiro atoms. The van der Waals surface area contributed by atoms with Crippen molar-refractivity contribution in [3.05, 3.63) is 24.0 Å². The summed E-state index contributed by atoms with van der Waals surface area (Å²) in [5.74, 6) is -0.869. The first-order valence-electron chi connectivity index (χ1n) is 6.72. The fourth-order valence-corrected chi connectivity index (χ4v) is 3.17.